The van der Waals surface area contributed by atoms with Crippen molar-refractivity contribution in [3.63, 3.8) is 0 Å². The molecule has 1 N–H and O–H groups in total. The van der Waals surface area contributed by atoms with Crippen molar-refractivity contribution >= 4 is 17.7 Å². The number of hydrogen-bond donors (Lipinski definition) is 1. The standard InChI is InChI=1S/C9H13N3O3/c1-11-8(14)4-6(9(11)15)12-3-2-10-7(13)5-12/h6H,2-5H2,1H3,(H,10,13). The minimum absolute atomic E-state index is 0.0870. The summed E-state index contributed by atoms with van der Waals surface area (Å²) in [7, 11) is 1.48. The van der Waals surface area contributed by atoms with E-state index in [2.05, 4.69) is 5.32 Å². The van der Waals surface area contributed by atoms with Gasteiger partial charge in [0.2, 0.25) is 17.7 Å². The third-order valence-electron chi connectivity index (χ3n) is 2.87. The van der Waals surface area contributed by atoms with Gasteiger partial charge in [-0.05, 0) is 0 Å². The van der Waals surface area contributed by atoms with Gasteiger partial charge in [0.05, 0.1) is 19.0 Å². The third-order valence-corrected chi connectivity index (χ3v) is 2.87. The molecule has 2 aliphatic heterocycles. The molecule has 2 rings (SSSR count). The largest absolute Gasteiger partial charge is 0.354 e. The highest BCUT2D eigenvalue weighted by molar-refractivity contribution is 6.05. The van der Waals surface area contributed by atoms with Crippen molar-refractivity contribution in [2.45, 2.75) is 12.5 Å². The van der Waals surface area contributed by atoms with Gasteiger partial charge in [-0.3, -0.25) is 24.2 Å². The number of piperazine rings is 1. The van der Waals surface area contributed by atoms with E-state index in [1.54, 1.807) is 4.90 Å². The Labute approximate surface area is 87.2 Å². The van der Waals surface area contributed by atoms with Gasteiger partial charge in [0.25, 0.3) is 0 Å². The Morgan fingerprint density at radius 2 is 2.07 bits per heavy atom. The maximum absolute atomic E-state index is 11.7. The summed E-state index contributed by atoms with van der Waals surface area (Å²) in [5.74, 6) is -0.457. The SMILES string of the molecule is CN1C(=O)CC(N2CCNC(=O)C2)C1=O. The van der Waals surface area contributed by atoms with Crippen LogP contribution >= 0.6 is 0 Å². The van der Waals surface area contributed by atoms with Crippen molar-refractivity contribution in [2.75, 3.05) is 26.7 Å². The zero-order valence-corrected chi connectivity index (χ0v) is 8.52. The molecule has 82 valence electrons. The predicted octanol–water partition coefficient (Wildman–Crippen LogP) is -1.82. The molecule has 0 saturated carbocycles. The van der Waals surface area contributed by atoms with E-state index in [9.17, 15) is 14.4 Å². The lowest BCUT2D eigenvalue weighted by Crippen LogP contribution is -2.53. The number of rotatable bonds is 1. The molecular formula is C9H13N3O3. The highest BCUT2D eigenvalue weighted by Crippen LogP contribution is 2.17. The number of nitrogens with zero attached hydrogens (tertiary/aromatic N) is 2. The minimum atomic E-state index is -0.437. The lowest BCUT2D eigenvalue weighted by atomic mass is 10.2. The van der Waals surface area contributed by atoms with E-state index in [0.29, 0.717) is 13.1 Å². The summed E-state index contributed by atoms with van der Waals surface area (Å²) in [5.41, 5.74) is 0. The molecule has 1 unspecified atom stereocenters. The van der Waals surface area contributed by atoms with Gasteiger partial charge in [-0.2, -0.15) is 0 Å². The van der Waals surface area contributed by atoms with Gasteiger partial charge in [-0.25, -0.2) is 0 Å². The van der Waals surface area contributed by atoms with Gasteiger partial charge in [-0.1, -0.05) is 0 Å². The summed E-state index contributed by atoms with van der Waals surface area (Å²) in [6, 6.07) is -0.437. The van der Waals surface area contributed by atoms with Crippen LogP contribution in [-0.4, -0.2) is 60.2 Å². The van der Waals surface area contributed by atoms with E-state index >= 15 is 0 Å². The molecule has 2 fully saturated rings. The fraction of sp³-hybridized carbons (Fsp3) is 0.667. The average molecular weight is 211 g/mol. The number of nitrogens with one attached hydrogen (secondary N) is 1. The van der Waals surface area contributed by atoms with Crippen molar-refractivity contribution in [3.05, 3.63) is 0 Å². The summed E-state index contributed by atoms with van der Waals surface area (Å²) in [5, 5.41) is 2.68. The molecule has 0 aromatic heterocycles. The zero-order chi connectivity index (χ0) is 11.0. The van der Waals surface area contributed by atoms with Crippen LogP contribution in [0, 0.1) is 0 Å². The Hall–Kier alpha value is -1.43. The summed E-state index contributed by atoms with van der Waals surface area (Å²) < 4.78 is 0. The van der Waals surface area contributed by atoms with Crippen LogP contribution in [0.5, 0.6) is 0 Å². The van der Waals surface area contributed by atoms with Crippen LogP contribution in [-0.2, 0) is 14.4 Å². The maximum atomic E-state index is 11.7. The summed E-state index contributed by atoms with van der Waals surface area (Å²) in [4.78, 5) is 37.0. The second kappa shape index (κ2) is 3.62. The van der Waals surface area contributed by atoms with E-state index in [1.165, 1.54) is 7.05 Å². The topological polar surface area (TPSA) is 69.7 Å². The number of amides is 3. The second-order valence-electron chi connectivity index (χ2n) is 3.83. The third kappa shape index (κ3) is 1.72. The van der Waals surface area contributed by atoms with Crippen LogP contribution in [0.25, 0.3) is 0 Å². The van der Waals surface area contributed by atoms with E-state index in [1.807, 2.05) is 0 Å². The molecule has 0 aromatic rings. The molecule has 3 amide bonds. The van der Waals surface area contributed by atoms with Crippen LogP contribution in [0.1, 0.15) is 6.42 Å². The average Bonchev–Trinajstić information content (AvgIpc) is 2.46. The highest BCUT2D eigenvalue weighted by atomic mass is 16.2. The molecule has 0 spiro atoms. The Morgan fingerprint density at radius 1 is 1.33 bits per heavy atom. The molecule has 2 heterocycles. The summed E-state index contributed by atoms with van der Waals surface area (Å²) in [6.07, 6.45) is 0.197. The molecule has 0 aromatic carbocycles. The Balaban J connectivity index is 2.08. The molecule has 0 radical (unpaired) electrons. The second-order valence-corrected chi connectivity index (χ2v) is 3.83. The molecule has 6 nitrogen and oxygen atoms in total. The smallest absolute Gasteiger partial charge is 0.246 e. The minimum Gasteiger partial charge on any atom is -0.354 e. The lowest BCUT2D eigenvalue weighted by molar-refractivity contribution is -0.138. The van der Waals surface area contributed by atoms with Crippen molar-refractivity contribution < 1.29 is 14.4 Å². The van der Waals surface area contributed by atoms with Crippen molar-refractivity contribution in [1.82, 2.24) is 15.1 Å². The molecule has 0 bridgehead atoms. The van der Waals surface area contributed by atoms with Crippen molar-refractivity contribution in [2.24, 2.45) is 0 Å². The van der Waals surface area contributed by atoms with E-state index in [4.69, 9.17) is 0 Å². The van der Waals surface area contributed by atoms with Crippen molar-refractivity contribution in [1.29, 1.82) is 0 Å². The predicted molar refractivity (Wildman–Crippen MR) is 50.8 cm³/mol. The van der Waals surface area contributed by atoms with Crippen LogP contribution < -0.4 is 5.32 Å². The Morgan fingerprint density at radius 3 is 2.60 bits per heavy atom. The van der Waals surface area contributed by atoms with Gasteiger partial charge in [-0.15, -0.1) is 0 Å². The quantitative estimate of drug-likeness (QED) is 0.518. The number of imide groups is 1. The number of carbonyl (C=O) groups excluding carboxylic acids is 3. The summed E-state index contributed by atoms with van der Waals surface area (Å²) in [6.45, 7) is 1.38. The zero-order valence-electron chi connectivity index (χ0n) is 8.52. The number of likely N-dealkylation sites (tertiary alicyclic amines) is 1. The monoisotopic (exact) mass is 211 g/mol. The van der Waals surface area contributed by atoms with E-state index in [0.717, 1.165) is 4.90 Å². The normalized spacial score (nSPS) is 28.5. The number of likely N-dealkylation sites (N-methyl/N-ethyl adjacent to an activating group) is 1. The molecule has 0 aliphatic carbocycles. The molecule has 15 heavy (non-hydrogen) atoms. The van der Waals surface area contributed by atoms with Crippen molar-refractivity contribution in [3.8, 4) is 0 Å². The van der Waals surface area contributed by atoms with Crippen LogP contribution in [0.2, 0.25) is 0 Å². The van der Waals surface area contributed by atoms with Gasteiger partial charge in [0.1, 0.15) is 0 Å². The first-order valence-corrected chi connectivity index (χ1v) is 4.91. The van der Waals surface area contributed by atoms with Crippen LogP contribution in [0.3, 0.4) is 0 Å². The molecule has 6 heteroatoms. The lowest BCUT2D eigenvalue weighted by Gasteiger charge is -2.29. The van der Waals surface area contributed by atoms with Crippen LogP contribution in [0.4, 0.5) is 0 Å². The molecular weight excluding hydrogens is 198 g/mol. The van der Waals surface area contributed by atoms with Gasteiger partial charge >= 0.3 is 0 Å². The number of hydrogen-bond acceptors (Lipinski definition) is 4. The van der Waals surface area contributed by atoms with Crippen LogP contribution in [0.15, 0.2) is 0 Å². The Kier molecular flexibility index (Phi) is 2.44. The number of carbonyl (C=O) groups is 3. The maximum Gasteiger partial charge on any atom is 0.246 e. The highest BCUT2D eigenvalue weighted by Gasteiger charge is 2.40. The first kappa shape index (κ1) is 10.1. The molecule has 2 saturated heterocycles. The first-order valence-electron chi connectivity index (χ1n) is 4.91. The Bertz CT molecular complexity index is 329. The van der Waals surface area contributed by atoms with Gasteiger partial charge < -0.3 is 5.32 Å². The fourth-order valence-electron chi connectivity index (χ4n) is 1.95. The van der Waals surface area contributed by atoms with E-state index in [-0.39, 0.29) is 30.7 Å². The molecule has 1 atom stereocenters. The van der Waals surface area contributed by atoms with E-state index < -0.39 is 6.04 Å². The molecule has 2 aliphatic rings. The fourth-order valence-corrected chi connectivity index (χ4v) is 1.95. The van der Waals surface area contributed by atoms with Gasteiger partial charge in [0.15, 0.2) is 0 Å². The summed E-state index contributed by atoms with van der Waals surface area (Å²) >= 11 is 0. The van der Waals surface area contributed by atoms with Gasteiger partial charge in [0, 0.05) is 20.1 Å². The first-order chi connectivity index (χ1) is 7.09.